The maximum absolute atomic E-state index is 11.5. The molecule has 190 valence electrons. The van der Waals surface area contributed by atoms with Crippen molar-refractivity contribution in [3.8, 4) is 23.0 Å². The minimum absolute atomic E-state index is 0. The maximum atomic E-state index is 11.5. The van der Waals surface area contributed by atoms with Crippen molar-refractivity contribution in [1.82, 2.24) is 0 Å². The SMILES string of the molecule is COc1ccc([N+](=O)[O-])cc1OCc1ccccc1.O=[N+]([O-])c1ccc([O-])c(OCc2ccccc2)c1.[K+]. The smallest absolute Gasteiger partial charge is 0.870 e. The zero-order chi connectivity index (χ0) is 26.6. The van der Waals surface area contributed by atoms with Crippen LogP contribution in [0.2, 0.25) is 0 Å². The van der Waals surface area contributed by atoms with Gasteiger partial charge in [0.2, 0.25) is 0 Å². The molecule has 0 heterocycles. The van der Waals surface area contributed by atoms with Gasteiger partial charge in [0.25, 0.3) is 11.4 Å². The van der Waals surface area contributed by atoms with Crippen LogP contribution in [-0.4, -0.2) is 17.0 Å². The quantitative estimate of drug-likeness (QED) is 0.179. The first-order chi connectivity index (χ1) is 17.9. The summed E-state index contributed by atoms with van der Waals surface area (Å²) in [6.07, 6.45) is 0. The predicted molar refractivity (Wildman–Crippen MR) is 134 cm³/mol. The third kappa shape index (κ3) is 9.43. The molecular weight excluding hydrogens is 519 g/mol. The van der Waals surface area contributed by atoms with Crippen LogP contribution in [0.4, 0.5) is 11.4 Å². The Bertz CT molecular complexity index is 1340. The van der Waals surface area contributed by atoms with Crippen molar-refractivity contribution in [3.63, 3.8) is 0 Å². The van der Waals surface area contributed by atoms with Crippen LogP contribution >= 0.6 is 0 Å². The van der Waals surface area contributed by atoms with Gasteiger partial charge in [-0.1, -0.05) is 72.5 Å². The Kier molecular flexibility index (Phi) is 12.7. The van der Waals surface area contributed by atoms with E-state index in [9.17, 15) is 25.3 Å². The Hall–Kier alpha value is -3.48. The summed E-state index contributed by atoms with van der Waals surface area (Å²) in [5, 5.41) is 32.8. The first kappa shape index (κ1) is 30.7. The molecule has 0 amide bonds. The Morgan fingerprint density at radius 3 is 1.55 bits per heavy atom. The molecular formula is C27H23KN2O8. The van der Waals surface area contributed by atoms with Crippen molar-refractivity contribution < 1.29 is 80.5 Å². The fourth-order valence-corrected chi connectivity index (χ4v) is 3.09. The van der Waals surface area contributed by atoms with Gasteiger partial charge >= 0.3 is 51.4 Å². The van der Waals surface area contributed by atoms with Crippen molar-refractivity contribution in [1.29, 1.82) is 0 Å². The minimum atomic E-state index is -0.561. The second-order valence-corrected chi connectivity index (χ2v) is 7.53. The Morgan fingerprint density at radius 1 is 0.632 bits per heavy atom. The molecule has 38 heavy (non-hydrogen) atoms. The maximum Gasteiger partial charge on any atom is 1.00 e. The van der Waals surface area contributed by atoms with Gasteiger partial charge < -0.3 is 19.3 Å². The van der Waals surface area contributed by atoms with E-state index in [0.717, 1.165) is 29.3 Å². The largest absolute Gasteiger partial charge is 1.00 e. The van der Waals surface area contributed by atoms with Crippen molar-refractivity contribution >= 4 is 11.4 Å². The van der Waals surface area contributed by atoms with Gasteiger partial charge in [0, 0.05) is 12.1 Å². The Morgan fingerprint density at radius 2 is 1.08 bits per heavy atom. The second-order valence-electron chi connectivity index (χ2n) is 7.53. The van der Waals surface area contributed by atoms with Crippen molar-refractivity contribution in [2.24, 2.45) is 0 Å². The number of nitro groups is 2. The van der Waals surface area contributed by atoms with Crippen LogP contribution in [0, 0.1) is 20.2 Å². The molecule has 4 aromatic carbocycles. The standard InChI is InChI=1S/C14H13NO4.C13H11NO4.K/c1-18-13-8-7-12(15(16)17)9-14(13)19-10-11-5-3-2-4-6-11;15-12-7-6-11(14(16)17)8-13(12)18-9-10-4-2-1-3-5-10;/h2-9H,10H2,1H3;1-8,15H,9H2;/q;;+1/p-1. The number of nitro benzene ring substituents is 2. The van der Waals surface area contributed by atoms with Crippen LogP contribution in [0.1, 0.15) is 11.1 Å². The molecule has 0 unspecified atom stereocenters. The number of nitrogens with zero attached hydrogens (tertiary/aromatic N) is 2. The van der Waals surface area contributed by atoms with E-state index >= 15 is 0 Å². The predicted octanol–water partition coefficient (Wildman–Crippen LogP) is 2.43. The van der Waals surface area contributed by atoms with Gasteiger partial charge in [0.1, 0.15) is 19.0 Å². The number of rotatable bonds is 9. The summed E-state index contributed by atoms with van der Waals surface area (Å²) < 4.78 is 16.0. The molecule has 0 atom stereocenters. The summed E-state index contributed by atoms with van der Waals surface area (Å²) in [6.45, 7) is 0.537. The summed E-state index contributed by atoms with van der Waals surface area (Å²) in [4.78, 5) is 20.3. The van der Waals surface area contributed by atoms with E-state index in [2.05, 4.69) is 0 Å². The molecule has 0 N–H and O–H groups in total. The van der Waals surface area contributed by atoms with E-state index in [1.54, 1.807) is 0 Å². The van der Waals surface area contributed by atoms with E-state index in [4.69, 9.17) is 14.2 Å². The average Bonchev–Trinajstić information content (AvgIpc) is 2.92. The zero-order valence-corrected chi connectivity index (χ0v) is 23.9. The first-order valence-corrected chi connectivity index (χ1v) is 11.0. The number of ether oxygens (including phenoxy) is 3. The van der Waals surface area contributed by atoms with Gasteiger partial charge in [-0.25, -0.2) is 0 Å². The summed E-state index contributed by atoms with van der Waals surface area (Å²) in [7, 11) is 1.50. The molecule has 0 fully saturated rings. The Labute approximate surface area is 261 Å². The first-order valence-electron chi connectivity index (χ1n) is 11.0. The molecule has 0 saturated heterocycles. The van der Waals surface area contributed by atoms with Gasteiger partial charge in [0.15, 0.2) is 11.5 Å². The molecule has 0 bridgehead atoms. The molecule has 0 saturated carbocycles. The van der Waals surface area contributed by atoms with Crippen molar-refractivity contribution in [2.75, 3.05) is 7.11 Å². The van der Waals surface area contributed by atoms with Crippen LogP contribution < -0.4 is 70.7 Å². The molecule has 4 aromatic rings. The van der Waals surface area contributed by atoms with Crippen LogP contribution in [0.5, 0.6) is 23.0 Å². The third-order valence-electron chi connectivity index (χ3n) is 4.97. The fourth-order valence-electron chi connectivity index (χ4n) is 3.09. The van der Waals surface area contributed by atoms with Crippen LogP contribution in [0.25, 0.3) is 0 Å². The molecule has 11 heteroatoms. The zero-order valence-electron chi connectivity index (χ0n) is 20.8. The third-order valence-corrected chi connectivity index (χ3v) is 4.97. The summed E-state index contributed by atoms with van der Waals surface area (Å²) >= 11 is 0. The molecule has 0 aliphatic rings. The molecule has 0 radical (unpaired) electrons. The van der Waals surface area contributed by atoms with Gasteiger partial charge in [-0.3, -0.25) is 20.2 Å². The number of hydrogen-bond acceptors (Lipinski definition) is 8. The summed E-state index contributed by atoms with van der Waals surface area (Å²) in [5.74, 6) is 0.465. The van der Waals surface area contributed by atoms with Crippen molar-refractivity contribution in [3.05, 3.63) is 128 Å². The van der Waals surface area contributed by atoms with Crippen LogP contribution in [-0.2, 0) is 13.2 Å². The molecule has 10 nitrogen and oxygen atoms in total. The Balaban J connectivity index is 0.000000260. The minimum Gasteiger partial charge on any atom is -0.870 e. The average molecular weight is 543 g/mol. The number of hydrogen-bond donors (Lipinski definition) is 0. The van der Waals surface area contributed by atoms with Crippen molar-refractivity contribution in [2.45, 2.75) is 13.2 Å². The summed E-state index contributed by atoms with van der Waals surface area (Å²) in [5.41, 5.74) is 1.70. The molecule has 4 rings (SSSR count). The molecule has 0 spiro atoms. The number of non-ortho nitro benzene ring substituents is 2. The normalized spacial score (nSPS) is 9.71. The van der Waals surface area contributed by atoms with E-state index in [1.165, 1.54) is 25.3 Å². The number of benzene rings is 4. The summed E-state index contributed by atoms with van der Waals surface area (Å²) in [6, 6.07) is 26.6. The monoisotopic (exact) mass is 542 g/mol. The van der Waals surface area contributed by atoms with Crippen LogP contribution in [0.15, 0.2) is 97.1 Å². The van der Waals surface area contributed by atoms with Gasteiger partial charge in [0.05, 0.1) is 29.1 Å². The topological polar surface area (TPSA) is 137 Å². The van der Waals surface area contributed by atoms with E-state index < -0.39 is 9.85 Å². The molecule has 0 aliphatic heterocycles. The van der Waals surface area contributed by atoms with E-state index in [-0.39, 0.29) is 80.9 Å². The van der Waals surface area contributed by atoms with Gasteiger partial charge in [-0.15, -0.1) is 0 Å². The number of methoxy groups -OCH3 is 1. The van der Waals surface area contributed by atoms with E-state index in [0.29, 0.717) is 18.1 Å². The molecule has 0 aromatic heterocycles. The van der Waals surface area contributed by atoms with Gasteiger partial charge in [-0.05, 0) is 17.2 Å². The van der Waals surface area contributed by atoms with E-state index in [1.807, 2.05) is 60.7 Å². The molecule has 0 aliphatic carbocycles. The van der Waals surface area contributed by atoms with Crippen LogP contribution in [0.3, 0.4) is 0 Å². The van der Waals surface area contributed by atoms with Gasteiger partial charge in [-0.2, -0.15) is 0 Å². The second kappa shape index (κ2) is 15.7. The fraction of sp³-hybridized carbons (Fsp3) is 0.111.